The minimum absolute atomic E-state index is 0.899. The monoisotopic (exact) mass is 191 g/mol. The molecule has 0 amide bonds. The summed E-state index contributed by atoms with van der Waals surface area (Å²) in [6.07, 6.45) is 16.2. The molecule has 0 heterocycles. The molecule has 0 aromatic carbocycles. The Morgan fingerprint density at radius 2 is 2.29 bits per heavy atom. The second-order valence-corrected chi connectivity index (χ2v) is 3.92. The maximum atomic E-state index is 5.17. The zero-order valence-electron chi connectivity index (χ0n) is 9.02. The molecular weight excluding hydrogens is 170 g/mol. The Bertz CT molecular complexity index is 210. The summed E-state index contributed by atoms with van der Waals surface area (Å²) in [5.74, 6) is 2.66. The van der Waals surface area contributed by atoms with Crippen molar-refractivity contribution >= 4 is 0 Å². The summed E-state index contributed by atoms with van der Waals surface area (Å²) in [5, 5.41) is 3.43. The molecule has 14 heavy (non-hydrogen) atoms. The Morgan fingerprint density at radius 1 is 1.36 bits per heavy atom. The molecule has 0 aromatic rings. The standard InChI is InChI=1S/C13H21N/c1-2-3-7-11-14-12-10-13-8-5-4-6-9-13/h1,8,14H,3-7,9-12H2. The van der Waals surface area contributed by atoms with Crippen molar-refractivity contribution in [3.05, 3.63) is 11.6 Å². The normalized spacial score (nSPS) is 16.1. The molecule has 0 aliphatic heterocycles. The number of nitrogens with one attached hydrogen (secondary N) is 1. The van der Waals surface area contributed by atoms with E-state index >= 15 is 0 Å². The van der Waals surface area contributed by atoms with Crippen LogP contribution in [0, 0.1) is 12.3 Å². The van der Waals surface area contributed by atoms with E-state index in [0.717, 1.165) is 25.9 Å². The smallest absolute Gasteiger partial charge is 0.00981 e. The SMILES string of the molecule is C#CCCCNCCC1=CCCCC1. The number of hydrogen-bond donors (Lipinski definition) is 1. The van der Waals surface area contributed by atoms with Gasteiger partial charge in [-0.2, -0.15) is 0 Å². The lowest BCUT2D eigenvalue weighted by Crippen LogP contribution is -2.17. The van der Waals surface area contributed by atoms with E-state index < -0.39 is 0 Å². The molecule has 0 unspecified atom stereocenters. The van der Waals surface area contributed by atoms with Gasteiger partial charge in [-0.25, -0.2) is 0 Å². The fraction of sp³-hybridized carbons (Fsp3) is 0.692. The zero-order chi connectivity index (χ0) is 10.1. The van der Waals surface area contributed by atoms with Crippen LogP contribution in [0.5, 0.6) is 0 Å². The van der Waals surface area contributed by atoms with Crippen LogP contribution in [0.25, 0.3) is 0 Å². The number of rotatable bonds is 6. The first-order valence-electron chi connectivity index (χ1n) is 5.75. The largest absolute Gasteiger partial charge is 0.316 e. The summed E-state index contributed by atoms with van der Waals surface area (Å²) in [6.45, 7) is 2.19. The molecule has 1 heteroatoms. The molecule has 1 nitrogen and oxygen atoms in total. The summed E-state index contributed by atoms with van der Waals surface area (Å²) in [5.41, 5.74) is 1.65. The van der Waals surface area contributed by atoms with Crippen LogP contribution in [0.2, 0.25) is 0 Å². The second kappa shape index (κ2) is 7.64. The summed E-state index contributed by atoms with van der Waals surface area (Å²) < 4.78 is 0. The van der Waals surface area contributed by atoms with Crippen molar-refractivity contribution in [1.29, 1.82) is 0 Å². The van der Waals surface area contributed by atoms with Crippen molar-refractivity contribution in [2.24, 2.45) is 0 Å². The maximum Gasteiger partial charge on any atom is 0.00981 e. The number of hydrogen-bond acceptors (Lipinski definition) is 1. The van der Waals surface area contributed by atoms with E-state index in [4.69, 9.17) is 6.42 Å². The Labute approximate surface area is 88.0 Å². The van der Waals surface area contributed by atoms with E-state index in [1.165, 1.54) is 32.1 Å². The van der Waals surface area contributed by atoms with Crippen LogP contribution in [-0.4, -0.2) is 13.1 Å². The molecular formula is C13H21N. The van der Waals surface area contributed by atoms with E-state index in [-0.39, 0.29) is 0 Å². The maximum absolute atomic E-state index is 5.17. The molecule has 0 saturated carbocycles. The van der Waals surface area contributed by atoms with Gasteiger partial charge in [0.05, 0.1) is 0 Å². The van der Waals surface area contributed by atoms with Crippen LogP contribution in [0.1, 0.15) is 44.9 Å². The average Bonchev–Trinajstić information content (AvgIpc) is 2.25. The third-order valence-electron chi connectivity index (χ3n) is 2.68. The third-order valence-corrected chi connectivity index (χ3v) is 2.68. The first-order valence-corrected chi connectivity index (χ1v) is 5.75. The highest BCUT2D eigenvalue weighted by atomic mass is 14.8. The van der Waals surface area contributed by atoms with E-state index in [0.29, 0.717) is 0 Å². The van der Waals surface area contributed by atoms with Gasteiger partial charge >= 0.3 is 0 Å². The van der Waals surface area contributed by atoms with E-state index in [1.807, 2.05) is 0 Å². The highest BCUT2D eigenvalue weighted by molar-refractivity contribution is 5.05. The van der Waals surface area contributed by atoms with Gasteiger partial charge in [0.15, 0.2) is 0 Å². The highest BCUT2D eigenvalue weighted by Gasteiger charge is 2.02. The second-order valence-electron chi connectivity index (χ2n) is 3.92. The fourth-order valence-corrected chi connectivity index (χ4v) is 1.82. The molecule has 0 fully saturated rings. The van der Waals surface area contributed by atoms with Crippen LogP contribution < -0.4 is 5.32 Å². The summed E-state index contributed by atoms with van der Waals surface area (Å²) >= 11 is 0. The number of allylic oxidation sites excluding steroid dienone is 1. The minimum Gasteiger partial charge on any atom is -0.316 e. The molecule has 0 saturated heterocycles. The van der Waals surface area contributed by atoms with Crippen molar-refractivity contribution < 1.29 is 0 Å². The summed E-state index contributed by atoms with van der Waals surface area (Å²) in [4.78, 5) is 0. The zero-order valence-corrected chi connectivity index (χ0v) is 9.02. The molecule has 0 bridgehead atoms. The topological polar surface area (TPSA) is 12.0 Å². The molecule has 1 rings (SSSR count). The molecule has 0 spiro atoms. The molecule has 0 atom stereocenters. The van der Waals surface area contributed by atoms with E-state index in [9.17, 15) is 0 Å². The lowest BCUT2D eigenvalue weighted by molar-refractivity contribution is 0.621. The van der Waals surface area contributed by atoms with Gasteiger partial charge in [-0.05, 0) is 51.6 Å². The Hall–Kier alpha value is -0.740. The van der Waals surface area contributed by atoms with Gasteiger partial charge in [0.25, 0.3) is 0 Å². The van der Waals surface area contributed by atoms with E-state index in [1.54, 1.807) is 5.57 Å². The van der Waals surface area contributed by atoms with Crippen molar-refractivity contribution in [3.8, 4) is 12.3 Å². The molecule has 1 aliphatic rings. The molecule has 78 valence electrons. The van der Waals surface area contributed by atoms with Gasteiger partial charge in [0.1, 0.15) is 0 Å². The average molecular weight is 191 g/mol. The van der Waals surface area contributed by atoms with Crippen molar-refractivity contribution in [2.75, 3.05) is 13.1 Å². The van der Waals surface area contributed by atoms with Crippen LogP contribution in [0.3, 0.4) is 0 Å². The summed E-state index contributed by atoms with van der Waals surface area (Å²) in [7, 11) is 0. The first-order chi connectivity index (χ1) is 6.93. The van der Waals surface area contributed by atoms with Gasteiger partial charge < -0.3 is 5.32 Å². The Balaban J connectivity index is 1.93. The minimum atomic E-state index is 0.899. The number of terminal acetylenes is 1. The van der Waals surface area contributed by atoms with Gasteiger partial charge in [-0.15, -0.1) is 12.3 Å². The molecule has 0 aromatic heterocycles. The van der Waals surface area contributed by atoms with Crippen LogP contribution >= 0.6 is 0 Å². The fourth-order valence-electron chi connectivity index (χ4n) is 1.82. The van der Waals surface area contributed by atoms with Crippen LogP contribution in [0.15, 0.2) is 11.6 Å². The van der Waals surface area contributed by atoms with Crippen molar-refractivity contribution in [3.63, 3.8) is 0 Å². The quantitative estimate of drug-likeness (QED) is 0.387. The predicted octanol–water partition coefficient (Wildman–Crippen LogP) is 2.88. The molecule has 1 aliphatic carbocycles. The van der Waals surface area contributed by atoms with Crippen molar-refractivity contribution in [1.82, 2.24) is 5.32 Å². The van der Waals surface area contributed by atoms with Crippen LogP contribution in [-0.2, 0) is 0 Å². The van der Waals surface area contributed by atoms with Gasteiger partial charge in [-0.3, -0.25) is 0 Å². The lowest BCUT2D eigenvalue weighted by Gasteiger charge is -2.12. The van der Waals surface area contributed by atoms with Gasteiger partial charge in [0, 0.05) is 6.42 Å². The Morgan fingerprint density at radius 3 is 3.00 bits per heavy atom. The third kappa shape index (κ3) is 5.09. The summed E-state index contributed by atoms with van der Waals surface area (Å²) in [6, 6.07) is 0. The first kappa shape index (κ1) is 11.3. The predicted molar refractivity (Wildman–Crippen MR) is 62.1 cm³/mol. The van der Waals surface area contributed by atoms with Gasteiger partial charge in [0.2, 0.25) is 0 Å². The molecule has 1 N–H and O–H groups in total. The van der Waals surface area contributed by atoms with Crippen LogP contribution in [0.4, 0.5) is 0 Å². The molecule has 0 radical (unpaired) electrons. The number of unbranched alkanes of at least 4 members (excludes halogenated alkanes) is 1. The highest BCUT2D eigenvalue weighted by Crippen LogP contribution is 2.19. The van der Waals surface area contributed by atoms with E-state index in [2.05, 4.69) is 17.3 Å². The lowest BCUT2D eigenvalue weighted by atomic mass is 9.97. The van der Waals surface area contributed by atoms with Crippen molar-refractivity contribution in [2.45, 2.75) is 44.9 Å². The van der Waals surface area contributed by atoms with Gasteiger partial charge in [-0.1, -0.05) is 11.6 Å². The Kier molecular flexibility index (Phi) is 6.19.